The van der Waals surface area contributed by atoms with E-state index >= 15 is 0 Å². The van der Waals surface area contributed by atoms with Gasteiger partial charge in [0.25, 0.3) is 0 Å². The molecule has 1 saturated heterocycles. The molecule has 2 heterocycles. The normalized spacial score (nSPS) is 23.2. The number of amides is 2. The molecule has 0 bridgehead atoms. The van der Waals surface area contributed by atoms with Gasteiger partial charge in [0.2, 0.25) is 11.8 Å². The summed E-state index contributed by atoms with van der Waals surface area (Å²) >= 11 is 0. The minimum atomic E-state index is -0.150. The van der Waals surface area contributed by atoms with Crippen molar-refractivity contribution < 1.29 is 9.59 Å². The number of benzene rings is 1. The SMILES string of the molecule is O=C(NCCCN1CCc2ccccc2C1)[C@H]1CC(=O)N(CC2CC2)C1. The summed E-state index contributed by atoms with van der Waals surface area (Å²) in [6.45, 7) is 5.29. The molecule has 3 aliphatic rings. The third-order valence-corrected chi connectivity index (χ3v) is 5.92. The van der Waals surface area contributed by atoms with E-state index in [-0.39, 0.29) is 17.7 Å². The fourth-order valence-electron chi connectivity index (χ4n) is 4.14. The molecule has 1 atom stereocenters. The Morgan fingerprint density at radius 2 is 2.00 bits per heavy atom. The van der Waals surface area contributed by atoms with Crippen LogP contribution in [0.4, 0.5) is 0 Å². The summed E-state index contributed by atoms with van der Waals surface area (Å²) in [5.74, 6) is 0.753. The molecule has 1 saturated carbocycles. The third kappa shape index (κ3) is 4.26. The number of nitrogens with zero attached hydrogens (tertiary/aromatic N) is 2. The maximum atomic E-state index is 12.3. The summed E-state index contributed by atoms with van der Waals surface area (Å²) < 4.78 is 0. The van der Waals surface area contributed by atoms with Crippen molar-refractivity contribution in [3.8, 4) is 0 Å². The maximum Gasteiger partial charge on any atom is 0.225 e. The molecule has 2 amide bonds. The predicted octanol–water partition coefficient (Wildman–Crippen LogP) is 1.81. The molecule has 2 aliphatic heterocycles. The monoisotopic (exact) mass is 355 g/mol. The van der Waals surface area contributed by atoms with Crippen LogP contribution in [0.2, 0.25) is 0 Å². The molecule has 2 fully saturated rings. The Hall–Kier alpha value is -1.88. The molecule has 4 rings (SSSR count). The lowest BCUT2D eigenvalue weighted by Crippen LogP contribution is -2.36. The van der Waals surface area contributed by atoms with Gasteiger partial charge in [-0.15, -0.1) is 0 Å². The highest BCUT2D eigenvalue weighted by molar-refractivity contribution is 5.89. The van der Waals surface area contributed by atoms with Crippen LogP contribution in [0.15, 0.2) is 24.3 Å². The quantitative estimate of drug-likeness (QED) is 0.759. The Morgan fingerprint density at radius 3 is 2.81 bits per heavy atom. The van der Waals surface area contributed by atoms with Crippen LogP contribution in [0.5, 0.6) is 0 Å². The highest BCUT2D eigenvalue weighted by atomic mass is 16.2. The van der Waals surface area contributed by atoms with E-state index in [2.05, 4.69) is 34.5 Å². The highest BCUT2D eigenvalue weighted by Crippen LogP contribution is 2.32. The molecule has 5 heteroatoms. The first-order valence-electron chi connectivity index (χ1n) is 10.0. The van der Waals surface area contributed by atoms with Crippen molar-refractivity contribution in [2.45, 2.75) is 38.6 Å². The van der Waals surface area contributed by atoms with Crippen LogP contribution < -0.4 is 5.32 Å². The molecule has 0 unspecified atom stereocenters. The fourth-order valence-corrected chi connectivity index (χ4v) is 4.14. The average Bonchev–Trinajstić information content (AvgIpc) is 3.40. The summed E-state index contributed by atoms with van der Waals surface area (Å²) in [6, 6.07) is 8.66. The summed E-state index contributed by atoms with van der Waals surface area (Å²) in [7, 11) is 0. The first-order chi connectivity index (χ1) is 12.7. The van der Waals surface area contributed by atoms with Gasteiger partial charge in [0, 0.05) is 45.7 Å². The van der Waals surface area contributed by atoms with Crippen LogP contribution in [0.1, 0.15) is 36.8 Å². The molecule has 1 aliphatic carbocycles. The zero-order valence-corrected chi connectivity index (χ0v) is 15.5. The lowest BCUT2D eigenvalue weighted by Gasteiger charge is -2.28. The lowest BCUT2D eigenvalue weighted by molar-refractivity contribution is -0.129. The number of rotatable bonds is 7. The van der Waals surface area contributed by atoms with Crippen LogP contribution in [-0.4, -0.2) is 54.3 Å². The van der Waals surface area contributed by atoms with Crippen LogP contribution in [0, 0.1) is 11.8 Å². The number of nitrogens with one attached hydrogen (secondary N) is 1. The number of likely N-dealkylation sites (tertiary alicyclic amines) is 1. The van der Waals surface area contributed by atoms with Gasteiger partial charge in [0.15, 0.2) is 0 Å². The second-order valence-electron chi connectivity index (χ2n) is 8.08. The van der Waals surface area contributed by atoms with Gasteiger partial charge in [-0.3, -0.25) is 14.5 Å². The number of carbonyl (C=O) groups is 2. The van der Waals surface area contributed by atoms with Gasteiger partial charge in [-0.2, -0.15) is 0 Å². The standard InChI is InChI=1S/C21H29N3O2/c25-20-12-19(15-24(20)13-16-6-7-16)21(26)22-9-3-10-23-11-8-17-4-1-2-5-18(17)14-23/h1-2,4-5,16,19H,3,6-15H2,(H,22,26)/t19-/m0/s1. The van der Waals surface area contributed by atoms with Crippen molar-refractivity contribution in [2.75, 3.05) is 32.7 Å². The minimum absolute atomic E-state index is 0.0561. The van der Waals surface area contributed by atoms with E-state index < -0.39 is 0 Å². The summed E-state index contributed by atoms with van der Waals surface area (Å²) in [4.78, 5) is 28.7. The zero-order valence-electron chi connectivity index (χ0n) is 15.5. The number of hydrogen-bond donors (Lipinski definition) is 1. The minimum Gasteiger partial charge on any atom is -0.356 e. The van der Waals surface area contributed by atoms with Gasteiger partial charge in [0.05, 0.1) is 5.92 Å². The fraction of sp³-hybridized carbons (Fsp3) is 0.619. The Morgan fingerprint density at radius 1 is 1.19 bits per heavy atom. The Bertz CT molecular complexity index is 671. The van der Waals surface area contributed by atoms with Crippen molar-refractivity contribution in [3.05, 3.63) is 35.4 Å². The van der Waals surface area contributed by atoms with E-state index in [1.807, 2.05) is 4.90 Å². The van der Waals surface area contributed by atoms with Gasteiger partial charge >= 0.3 is 0 Å². The second kappa shape index (κ2) is 7.78. The van der Waals surface area contributed by atoms with Gasteiger partial charge in [0.1, 0.15) is 0 Å². The number of hydrogen-bond acceptors (Lipinski definition) is 3. The van der Waals surface area contributed by atoms with Gasteiger partial charge in [-0.05, 0) is 42.7 Å². The molecular formula is C21H29N3O2. The van der Waals surface area contributed by atoms with Crippen molar-refractivity contribution in [1.82, 2.24) is 15.1 Å². The number of carbonyl (C=O) groups excluding carboxylic acids is 2. The van der Waals surface area contributed by atoms with E-state index in [9.17, 15) is 9.59 Å². The molecular weight excluding hydrogens is 326 g/mol. The zero-order chi connectivity index (χ0) is 17.9. The van der Waals surface area contributed by atoms with Crippen LogP contribution >= 0.6 is 0 Å². The Labute approximate surface area is 155 Å². The van der Waals surface area contributed by atoms with Crippen molar-refractivity contribution >= 4 is 11.8 Å². The summed E-state index contributed by atoms with van der Waals surface area (Å²) in [6.07, 6.45) is 4.94. The Balaban J connectivity index is 1.15. The largest absolute Gasteiger partial charge is 0.356 e. The summed E-state index contributed by atoms with van der Waals surface area (Å²) in [5, 5.41) is 3.05. The first kappa shape index (κ1) is 17.5. The van der Waals surface area contributed by atoms with E-state index in [4.69, 9.17) is 0 Å². The molecule has 0 aromatic heterocycles. The van der Waals surface area contributed by atoms with Crippen molar-refractivity contribution in [1.29, 1.82) is 0 Å². The first-order valence-corrected chi connectivity index (χ1v) is 10.0. The molecule has 26 heavy (non-hydrogen) atoms. The van der Waals surface area contributed by atoms with Crippen molar-refractivity contribution in [2.24, 2.45) is 11.8 Å². The Kier molecular flexibility index (Phi) is 5.25. The van der Waals surface area contributed by atoms with Crippen LogP contribution in [-0.2, 0) is 22.6 Å². The second-order valence-corrected chi connectivity index (χ2v) is 8.08. The van der Waals surface area contributed by atoms with Gasteiger partial charge < -0.3 is 10.2 Å². The third-order valence-electron chi connectivity index (χ3n) is 5.92. The van der Waals surface area contributed by atoms with E-state index in [1.165, 1.54) is 24.0 Å². The topological polar surface area (TPSA) is 52.7 Å². The molecule has 5 nitrogen and oxygen atoms in total. The lowest BCUT2D eigenvalue weighted by atomic mass is 10.00. The van der Waals surface area contributed by atoms with Crippen LogP contribution in [0.25, 0.3) is 0 Å². The maximum absolute atomic E-state index is 12.3. The molecule has 0 spiro atoms. The molecule has 1 N–H and O–H groups in total. The highest BCUT2D eigenvalue weighted by Gasteiger charge is 2.36. The summed E-state index contributed by atoms with van der Waals surface area (Å²) in [5.41, 5.74) is 2.90. The predicted molar refractivity (Wildman–Crippen MR) is 100 cm³/mol. The van der Waals surface area contributed by atoms with E-state index in [0.717, 1.165) is 39.0 Å². The molecule has 0 radical (unpaired) electrons. The number of fused-ring (bicyclic) bond motifs is 1. The van der Waals surface area contributed by atoms with Crippen LogP contribution in [0.3, 0.4) is 0 Å². The van der Waals surface area contributed by atoms with E-state index in [0.29, 0.717) is 25.4 Å². The van der Waals surface area contributed by atoms with Crippen molar-refractivity contribution in [3.63, 3.8) is 0 Å². The molecule has 1 aromatic rings. The van der Waals surface area contributed by atoms with E-state index in [1.54, 1.807) is 0 Å². The molecule has 1 aromatic carbocycles. The van der Waals surface area contributed by atoms with Gasteiger partial charge in [-0.25, -0.2) is 0 Å². The average molecular weight is 355 g/mol. The molecule has 140 valence electrons. The smallest absolute Gasteiger partial charge is 0.225 e. The van der Waals surface area contributed by atoms with Gasteiger partial charge in [-0.1, -0.05) is 24.3 Å².